The van der Waals surface area contributed by atoms with E-state index < -0.39 is 24.4 Å². The lowest BCUT2D eigenvalue weighted by Gasteiger charge is -2.38. The second-order valence-corrected chi connectivity index (χ2v) is 9.88. The highest BCUT2D eigenvalue weighted by Crippen LogP contribution is 2.29. The van der Waals surface area contributed by atoms with Gasteiger partial charge >= 0.3 is 5.97 Å². The van der Waals surface area contributed by atoms with Crippen molar-refractivity contribution in [3.8, 4) is 11.5 Å². The van der Waals surface area contributed by atoms with E-state index in [1.54, 1.807) is 30.3 Å². The summed E-state index contributed by atoms with van der Waals surface area (Å²) < 4.78 is 29.7. The highest BCUT2D eigenvalue weighted by molar-refractivity contribution is 6.22. The zero-order valence-electron chi connectivity index (χ0n) is 23.2. The summed E-state index contributed by atoms with van der Waals surface area (Å²) in [6.07, 6.45) is 0.0422. The smallest absolute Gasteiger partial charge is 0.338 e. The molecule has 1 unspecified atom stereocenters. The lowest BCUT2D eigenvalue weighted by Crippen LogP contribution is -2.52. The number of methoxy groups -OCH3 is 2. The Labute approximate surface area is 242 Å². The predicted octanol–water partition coefficient (Wildman–Crippen LogP) is 3.34. The van der Waals surface area contributed by atoms with Crippen LogP contribution in [0, 0.1) is 5.82 Å². The van der Waals surface area contributed by atoms with E-state index in [1.165, 1.54) is 50.6 Å². The molecule has 2 fully saturated rings. The number of hydrogen-bond acceptors (Lipinski definition) is 9. The summed E-state index contributed by atoms with van der Waals surface area (Å²) in [6.45, 7) is 1.61. The number of esters is 1. The summed E-state index contributed by atoms with van der Waals surface area (Å²) in [5, 5.41) is 0. The maximum absolute atomic E-state index is 14.2. The molecule has 1 atom stereocenters. The number of hydrogen-bond donors (Lipinski definition) is 0. The molecule has 42 heavy (non-hydrogen) atoms. The zero-order valence-corrected chi connectivity index (χ0v) is 23.2. The van der Waals surface area contributed by atoms with Crippen LogP contribution >= 0.6 is 0 Å². The van der Waals surface area contributed by atoms with E-state index in [0.717, 1.165) is 4.90 Å². The third-order valence-corrected chi connectivity index (χ3v) is 7.47. The second kappa shape index (κ2) is 12.4. The Hall–Kier alpha value is -4.77. The minimum absolute atomic E-state index is 0.0422. The Kier molecular flexibility index (Phi) is 8.48. The van der Waals surface area contributed by atoms with Gasteiger partial charge in [0.25, 0.3) is 5.91 Å². The standard InChI is InChI=1S/C31H30FN3O7/c1-40-27-12-9-21(17-28(27)41-2)26(36)19-42-31(39)20-7-10-22(11-8-20)35-29(37)18-25(30(35)38)34-15-13-33(14-16-34)24-6-4-3-5-23(24)32/h3-12,17,25H,13-16,18-19H2,1-2H3. The van der Waals surface area contributed by atoms with E-state index in [2.05, 4.69) is 0 Å². The molecule has 0 aromatic heterocycles. The Bertz CT molecular complexity index is 1500. The molecule has 0 aliphatic carbocycles. The lowest BCUT2D eigenvalue weighted by atomic mass is 10.1. The molecule has 10 nitrogen and oxygen atoms in total. The average molecular weight is 576 g/mol. The fraction of sp³-hybridized carbons (Fsp3) is 0.290. The third kappa shape index (κ3) is 5.82. The van der Waals surface area contributed by atoms with Gasteiger partial charge in [0.15, 0.2) is 23.9 Å². The van der Waals surface area contributed by atoms with Gasteiger partial charge in [-0.25, -0.2) is 14.1 Å². The van der Waals surface area contributed by atoms with Crippen molar-refractivity contribution in [1.29, 1.82) is 0 Å². The monoisotopic (exact) mass is 575 g/mol. The molecule has 2 heterocycles. The van der Waals surface area contributed by atoms with E-state index in [4.69, 9.17) is 14.2 Å². The number of piperazine rings is 1. The summed E-state index contributed by atoms with van der Waals surface area (Å²) in [5.74, 6) is -1.26. The predicted molar refractivity (Wildman–Crippen MR) is 152 cm³/mol. The number of imide groups is 1. The maximum Gasteiger partial charge on any atom is 0.338 e. The molecule has 0 N–H and O–H groups in total. The molecule has 3 aromatic rings. The van der Waals surface area contributed by atoms with Gasteiger partial charge in [0.05, 0.1) is 43.6 Å². The quantitative estimate of drug-likeness (QED) is 0.216. The molecule has 2 saturated heterocycles. The van der Waals surface area contributed by atoms with Crippen molar-refractivity contribution in [3.63, 3.8) is 0 Å². The molecule has 2 amide bonds. The number of para-hydroxylation sites is 1. The fourth-order valence-electron chi connectivity index (χ4n) is 5.21. The number of amides is 2. The molecule has 3 aromatic carbocycles. The van der Waals surface area contributed by atoms with E-state index in [0.29, 0.717) is 54.6 Å². The highest BCUT2D eigenvalue weighted by atomic mass is 19.1. The number of ketones is 1. The highest BCUT2D eigenvalue weighted by Gasteiger charge is 2.43. The van der Waals surface area contributed by atoms with Gasteiger partial charge in [0.1, 0.15) is 5.82 Å². The van der Waals surface area contributed by atoms with E-state index in [-0.39, 0.29) is 29.6 Å². The van der Waals surface area contributed by atoms with Gasteiger partial charge in [0, 0.05) is 31.7 Å². The summed E-state index contributed by atoms with van der Waals surface area (Å²) in [7, 11) is 2.94. The number of benzene rings is 3. The number of nitrogens with zero attached hydrogens (tertiary/aromatic N) is 3. The largest absolute Gasteiger partial charge is 0.493 e. The minimum Gasteiger partial charge on any atom is -0.493 e. The van der Waals surface area contributed by atoms with Crippen LogP contribution < -0.4 is 19.3 Å². The minimum atomic E-state index is -0.722. The molecule has 11 heteroatoms. The second-order valence-electron chi connectivity index (χ2n) is 9.88. The Morgan fingerprint density at radius 3 is 2.19 bits per heavy atom. The first kappa shape index (κ1) is 28.7. The molecule has 0 radical (unpaired) electrons. The average Bonchev–Trinajstić information content (AvgIpc) is 3.32. The molecule has 218 valence electrons. The first-order valence-electron chi connectivity index (χ1n) is 13.4. The Morgan fingerprint density at radius 1 is 0.857 bits per heavy atom. The van der Waals surface area contributed by atoms with Crippen LogP contribution in [0.5, 0.6) is 11.5 Å². The number of carbonyl (C=O) groups excluding carboxylic acids is 4. The van der Waals surface area contributed by atoms with Gasteiger partial charge in [-0.2, -0.15) is 0 Å². The third-order valence-electron chi connectivity index (χ3n) is 7.47. The lowest BCUT2D eigenvalue weighted by molar-refractivity contribution is -0.123. The summed E-state index contributed by atoms with van der Waals surface area (Å²) in [4.78, 5) is 56.3. The molecule has 5 rings (SSSR count). The maximum atomic E-state index is 14.2. The van der Waals surface area contributed by atoms with Gasteiger partial charge in [-0.1, -0.05) is 12.1 Å². The van der Waals surface area contributed by atoms with Crippen LogP contribution in [0.1, 0.15) is 27.1 Å². The van der Waals surface area contributed by atoms with Gasteiger partial charge in [0.2, 0.25) is 5.91 Å². The van der Waals surface area contributed by atoms with Crippen LogP contribution in [0.3, 0.4) is 0 Å². The van der Waals surface area contributed by atoms with Crippen molar-refractivity contribution in [1.82, 2.24) is 4.90 Å². The van der Waals surface area contributed by atoms with Crippen LogP contribution in [-0.4, -0.2) is 81.5 Å². The van der Waals surface area contributed by atoms with Crippen molar-refractivity contribution < 1.29 is 37.8 Å². The first-order valence-corrected chi connectivity index (χ1v) is 13.4. The zero-order chi connectivity index (χ0) is 29.8. The van der Waals surface area contributed by atoms with Gasteiger partial charge in [-0.05, 0) is 54.6 Å². The van der Waals surface area contributed by atoms with E-state index in [1.807, 2.05) is 9.80 Å². The van der Waals surface area contributed by atoms with Crippen LogP contribution in [0.2, 0.25) is 0 Å². The number of rotatable bonds is 9. The Morgan fingerprint density at radius 2 is 1.52 bits per heavy atom. The van der Waals surface area contributed by atoms with Gasteiger partial charge < -0.3 is 19.1 Å². The summed E-state index contributed by atoms with van der Waals surface area (Å²) >= 11 is 0. The van der Waals surface area contributed by atoms with Crippen molar-refractivity contribution in [2.24, 2.45) is 0 Å². The van der Waals surface area contributed by atoms with Crippen molar-refractivity contribution in [3.05, 3.63) is 83.7 Å². The van der Waals surface area contributed by atoms with E-state index >= 15 is 0 Å². The fourth-order valence-corrected chi connectivity index (χ4v) is 5.21. The van der Waals surface area contributed by atoms with Gasteiger partial charge in [-0.15, -0.1) is 0 Å². The molecule has 2 aliphatic heterocycles. The normalized spacial score (nSPS) is 17.4. The molecule has 2 aliphatic rings. The number of ether oxygens (including phenoxy) is 3. The number of carbonyl (C=O) groups is 4. The number of Topliss-reactive ketones (excluding diaryl/α,β-unsaturated/α-hetero) is 1. The molecular formula is C31H30FN3O7. The molecule has 0 bridgehead atoms. The number of halogens is 1. The van der Waals surface area contributed by atoms with Crippen LogP contribution in [0.25, 0.3) is 0 Å². The van der Waals surface area contributed by atoms with Gasteiger partial charge in [-0.3, -0.25) is 19.3 Å². The van der Waals surface area contributed by atoms with Crippen molar-refractivity contribution in [2.75, 3.05) is 56.8 Å². The topological polar surface area (TPSA) is 106 Å². The van der Waals surface area contributed by atoms with Crippen molar-refractivity contribution >= 4 is 34.9 Å². The van der Waals surface area contributed by atoms with Crippen LogP contribution in [0.15, 0.2) is 66.7 Å². The Balaban J connectivity index is 1.17. The SMILES string of the molecule is COc1ccc(C(=O)COC(=O)c2ccc(N3C(=O)CC(N4CCN(c5ccccc5F)CC4)C3=O)cc2)cc1OC. The molecule has 0 spiro atoms. The van der Waals surface area contributed by atoms with Crippen molar-refractivity contribution in [2.45, 2.75) is 12.5 Å². The van der Waals surface area contributed by atoms with Crippen LogP contribution in [0.4, 0.5) is 15.8 Å². The van der Waals surface area contributed by atoms with E-state index in [9.17, 15) is 23.6 Å². The molecule has 0 saturated carbocycles. The summed E-state index contributed by atoms with van der Waals surface area (Å²) in [6, 6.07) is 16.5. The first-order chi connectivity index (χ1) is 20.3. The van der Waals surface area contributed by atoms with Crippen LogP contribution in [-0.2, 0) is 14.3 Å². The molecular weight excluding hydrogens is 545 g/mol. The summed E-state index contributed by atoms with van der Waals surface area (Å²) in [5.41, 5.74) is 1.33. The number of anilines is 2.